The highest BCUT2D eigenvalue weighted by Gasteiger charge is 2.25. The lowest BCUT2D eigenvalue weighted by atomic mass is 9.99. The Hall–Kier alpha value is -1.95. The lowest BCUT2D eigenvalue weighted by Gasteiger charge is -2.14. The third-order valence-corrected chi connectivity index (χ3v) is 2.77. The first-order chi connectivity index (χ1) is 9.19. The lowest BCUT2D eigenvalue weighted by Crippen LogP contribution is -2.36. The lowest BCUT2D eigenvalue weighted by molar-refractivity contribution is -0.139. The van der Waals surface area contributed by atoms with Gasteiger partial charge in [-0.15, -0.1) is 0 Å². The standard InChI is InChI=1S/C13H19N3O3/c1-2-3-4-7-11(13(18)16-19)12(17)15-10-6-5-8-14-9-10/h5-6,8-9,11,19H,2-4,7H2,1H3,(H,15,17)(H,16,18). The van der Waals surface area contributed by atoms with E-state index in [-0.39, 0.29) is 0 Å². The fourth-order valence-corrected chi connectivity index (χ4v) is 1.72. The van der Waals surface area contributed by atoms with E-state index in [9.17, 15) is 9.59 Å². The van der Waals surface area contributed by atoms with Crippen LogP contribution in [0.3, 0.4) is 0 Å². The zero-order valence-corrected chi connectivity index (χ0v) is 10.9. The van der Waals surface area contributed by atoms with Crippen molar-refractivity contribution in [2.24, 2.45) is 5.92 Å². The molecule has 0 radical (unpaired) electrons. The summed E-state index contributed by atoms with van der Waals surface area (Å²) in [6.07, 6.45) is 6.20. The summed E-state index contributed by atoms with van der Waals surface area (Å²) in [5, 5.41) is 11.3. The molecule has 0 bridgehead atoms. The minimum atomic E-state index is -0.892. The molecule has 1 heterocycles. The molecule has 0 aliphatic carbocycles. The van der Waals surface area contributed by atoms with Crippen molar-refractivity contribution in [3.63, 3.8) is 0 Å². The van der Waals surface area contributed by atoms with Crippen molar-refractivity contribution in [3.8, 4) is 0 Å². The average molecular weight is 265 g/mol. The van der Waals surface area contributed by atoms with E-state index in [0.717, 1.165) is 19.3 Å². The van der Waals surface area contributed by atoms with Gasteiger partial charge in [0.1, 0.15) is 5.92 Å². The summed E-state index contributed by atoms with van der Waals surface area (Å²) in [5.41, 5.74) is 2.07. The number of anilines is 1. The van der Waals surface area contributed by atoms with Crippen molar-refractivity contribution in [3.05, 3.63) is 24.5 Å². The van der Waals surface area contributed by atoms with Crippen molar-refractivity contribution in [1.82, 2.24) is 10.5 Å². The Bertz CT molecular complexity index is 409. The smallest absolute Gasteiger partial charge is 0.255 e. The highest BCUT2D eigenvalue weighted by molar-refractivity contribution is 6.06. The van der Waals surface area contributed by atoms with Crippen LogP contribution >= 0.6 is 0 Å². The van der Waals surface area contributed by atoms with Gasteiger partial charge in [0, 0.05) is 6.20 Å². The van der Waals surface area contributed by atoms with Crippen LogP contribution in [0.25, 0.3) is 0 Å². The number of hydrogen-bond donors (Lipinski definition) is 3. The Kier molecular flexibility index (Phi) is 6.52. The number of carbonyl (C=O) groups is 2. The van der Waals surface area contributed by atoms with Gasteiger partial charge < -0.3 is 5.32 Å². The van der Waals surface area contributed by atoms with Crippen LogP contribution in [0.1, 0.15) is 32.6 Å². The summed E-state index contributed by atoms with van der Waals surface area (Å²) in [6.45, 7) is 2.04. The molecule has 0 aliphatic rings. The molecule has 0 spiro atoms. The maximum Gasteiger partial charge on any atom is 0.255 e. The molecule has 1 unspecified atom stereocenters. The van der Waals surface area contributed by atoms with Gasteiger partial charge in [-0.3, -0.25) is 19.8 Å². The van der Waals surface area contributed by atoms with Gasteiger partial charge in [-0.1, -0.05) is 26.2 Å². The summed E-state index contributed by atoms with van der Waals surface area (Å²) < 4.78 is 0. The molecule has 19 heavy (non-hydrogen) atoms. The first-order valence-electron chi connectivity index (χ1n) is 6.33. The van der Waals surface area contributed by atoms with Crippen LogP contribution in [-0.4, -0.2) is 22.0 Å². The number of nitrogens with one attached hydrogen (secondary N) is 2. The molecule has 0 aliphatic heterocycles. The van der Waals surface area contributed by atoms with Crippen molar-refractivity contribution < 1.29 is 14.8 Å². The van der Waals surface area contributed by atoms with E-state index in [2.05, 4.69) is 10.3 Å². The second-order valence-electron chi connectivity index (χ2n) is 4.26. The molecule has 3 N–H and O–H groups in total. The number of pyridine rings is 1. The Morgan fingerprint density at radius 2 is 2.16 bits per heavy atom. The maximum absolute atomic E-state index is 12.0. The van der Waals surface area contributed by atoms with Gasteiger partial charge in [0.25, 0.3) is 5.91 Å². The molecular formula is C13H19N3O3. The number of carbonyl (C=O) groups excluding carboxylic acids is 2. The molecule has 0 saturated carbocycles. The van der Waals surface area contributed by atoms with Crippen LogP contribution in [0, 0.1) is 5.92 Å². The van der Waals surface area contributed by atoms with Crippen molar-refractivity contribution >= 4 is 17.5 Å². The minimum Gasteiger partial charge on any atom is -0.324 e. The van der Waals surface area contributed by atoms with E-state index in [4.69, 9.17) is 5.21 Å². The van der Waals surface area contributed by atoms with Crippen LogP contribution in [0.5, 0.6) is 0 Å². The van der Waals surface area contributed by atoms with E-state index in [1.54, 1.807) is 23.8 Å². The van der Waals surface area contributed by atoms with Crippen LogP contribution in [0.2, 0.25) is 0 Å². The first kappa shape index (κ1) is 15.1. The fourth-order valence-electron chi connectivity index (χ4n) is 1.72. The summed E-state index contributed by atoms with van der Waals surface area (Å²) in [4.78, 5) is 27.4. The Morgan fingerprint density at radius 3 is 2.74 bits per heavy atom. The fraction of sp³-hybridized carbons (Fsp3) is 0.462. The second-order valence-corrected chi connectivity index (χ2v) is 4.26. The van der Waals surface area contributed by atoms with E-state index >= 15 is 0 Å². The first-order valence-corrected chi connectivity index (χ1v) is 6.33. The van der Waals surface area contributed by atoms with Gasteiger partial charge in [0.05, 0.1) is 11.9 Å². The molecule has 1 rings (SSSR count). The number of amides is 2. The molecule has 104 valence electrons. The topological polar surface area (TPSA) is 91.3 Å². The zero-order valence-electron chi connectivity index (χ0n) is 10.9. The predicted octanol–water partition coefficient (Wildman–Crippen LogP) is 1.72. The second kappa shape index (κ2) is 8.20. The largest absolute Gasteiger partial charge is 0.324 e. The Morgan fingerprint density at radius 1 is 1.37 bits per heavy atom. The van der Waals surface area contributed by atoms with E-state index < -0.39 is 17.7 Å². The summed E-state index contributed by atoms with van der Waals surface area (Å²) in [6, 6.07) is 3.37. The Balaban J connectivity index is 2.63. The zero-order chi connectivity index (χ0) is 14.1. The summed E-state index contributed by atoms with van der Waals surface area (Å²) in [5.74, 6) is -2.01. The number of unbranched alkanes of at least 4 members (excludes halogenated alkanes) is 2. The summed E-state index contributed by atoms with van der Waals surface area (Å²) in [7, 11) is 0. The molecule has 2 amide bonds. The van der Waals surface area contributed by atoms with Gasteiger partial charge in [0.2, 0.25) is 5.91 Å². The Labute approximate surface area is 112 Å². The molecule has 1 atom stereocenters. The average Bonchev–Trinajstić information content (AvgIpc) is 2.44. The van der Waals surface area contributed by atoms with Crippen LogP contribution in [0.4, 0.5) is 5.69 Å². The molecule has 1 aromatic heterocycles. The van der Waals surface area contributed by atoms with Gasteiger partial charge in [-0.25, -0.2) is 5.48 Å². The van der Waals surface area contributed by atoms with Crippen LogP contribution in [0.15, 0.2) is 24.5 Å². The van der Waals surface area contributed by atoms with Crippen molar-refractivity contribution in [2.45, 2.75) is 32.6 Å². The molecular weight excluding hydrogens is 246 g/mol. The number of rotatable bonds is 7. The monoisotopic (exact) mass is 265 g/mol. The van der Waals surface area contributed by atoms with Gasteiger partial charge in [-0.2, -0.15) is 0 Å². The van der Waals surface area contributed by atoms with Crippen molar-refractivity contribution in [2.75, 3.05) is 5.32 Å². The van der Waals surface area contributed by atoms with Crippen LogP contribution in [-0.2, 0) is 9.59 Å². The number of hydrogen-bond acceptors (Lipinski definition) is 4. The third-order valence-electron chi connectivity index (χ3n) is 2.77. The molecule has 0 saturated heterocycles. The summed E-state index contributed by atoms with van der Waals surface area (Å²) >= 11 is 0. The van der Waals surface area contributed by atoms with Crippen molar-refractivity contribution in [1.29, 1.82) is 0 Å². The van der Waals surface area contributed by atoms with Gasteiger partial charge in [-0.05, 0) is 18.6 Å². The number of aromatic nitrogens is 1. The molecule has 0 aromatic carbocycles. The van der Waals surface area contributed by atoms with E-state index in [1.807, 2.05) is 6.92 Å². The van der Waals surface area contributed by atoms with E-state index in [0.29, 0.717) is 12.1 Å². The van der Waals surface area contributed by atoms with Gasteiger partial charge >= 0.3 is 0 Å². The molecule has 6 nitrogen and oxygen atoms in total. The molecule has 6 heteroatoms. The predicted molar refractivity (Wildman–Crippen MR) is 70.4 cm³/mol. The quantitative estimate of drug-likeness (QED) is 0.303. The van der Waals surface area contributed by atoms with Gasteiger partial charge in [0.15, 0.2) is 0 Å². The molecule has 0 fully saturated rings. The minimum absolute atomic E-state index is 0.409. The maximum atomic E-state index is 12.0. The third kappa shape index (κ3) is 5.05. The SMILES string of the molecule is CCCCCC(C(=O)NO)C(=O)Nc1cccnc1. The number of nitrogens with zero attached hydrogens (tertiary/aromatic N) is 1. The van der Waals surface area contributed by atoms with Crippen LogP contribution < -0.4 is 10.8 Å². The van der Waals surface area contributed by atoms with E-state index in [1.165, 1.54) is 6.20 Å². The number of hydroxylamine groups is 1. The normalized spacial score (nSPS) is 11.7. The molecule has 1 aromatic rings. The highest BCUT2D eigenvalue weighted by atomic mass is 16.5. The highest BCUT2D eigenvalue weighted by Crippen LogP contribution is 2.13.